The van der Waals surface area contributed by atoms with E-state index < -0.39 is 9.05 Å². The average molecular weight is 246 g/mol. The van der Waals surface area contributed by atoms with Gasteiger partial charge in [0, 0.05) is 20.8 Å². The van der Waals surface area contributed by atoms with Crippen molar-refractivity contribution in [3.8, 4) is 0 Å². The van der Waals surface area contributed by atoms with E-state index in [1.807, 2.05) is 6.92 Å². The standard InChI is InChI=1S/C11H22O4Si/c1-4-14-16(12-2,13-3)15-11-7-5-10(9-11)6-8-11/h10H,4-9H2,1-3H3. The topological polar surface area (TPSA) is 36.9 Å². The van der Waals surface area contributed by atoms with Crippen molar-refractivity contribution in [2.45, 2.75) is 44.6 Å². The van der Waals surface area contributed by atoms with Gasteiger partial charge in [-0.1, -0.05) is 0 Å². The Balaban J connectivity index is 2.04. The Morgan fingerprint density at radius 3 is 2.19 bits per heavy atom. The van der Waals surface area contributed by atoms with Gasteiger partial charge in [-0.05, 0) is 44.9 Å². The van der Waals surface area contributed by atoms with E-state index in [0.717, 1.165) is 25.2 Å². The fourth-order valence-corrected chi connectivity index (χ4v) is 4.84. The van der Waals surface area contributed by atoms with E-state index in [2.05, 4.69) is 0 Å². The lowest BCUT2D eigenvalue weighted by molar-refractivity contribution is -0.0734. The first-order valence-corrected chi connectivity index (χ1v) is 7.75. The summed E-state index contributed by atoms with van der Waals surface area (Å²) in [7, 11) is 0.354. The van der Waals surface area contributed by atoms with Crippen LogP contribution in [0.2, 0.25) is 0 Å². The molecule has 2 aliphatic rings. The molecule has 94 valence electrons. The van der Waals surface area contributed by atoms with Crippen LogP contribution in [-0.4, -0.2) is 35.5 Å². The third-order valence-corrected chi connectivity index (χ3v) is 6.16. The highest BCUT2D eigenvalue weighted by atomic mass is 28.4. The van der Waals surface area contributed by atoms with E-state index in [4.69, 9.17) is 17.7 Å². The predicted octanol–water partition coefficient (Wildman–Crippen LogP) is 2.10. The quantitative estimate of drug-likeness (QED) is 0.673. The summed E-state index contributed by atoms with van der Waals surface area (Å²) in [4.78, 5) is 0. The van der Waals surface area contributed by atoms with Crippen molar-refractivity contribution in [1.82, 2.24) is 0 Å². The van der Waals surface area contributed by atoms with Crippen molar-refractivity contribution in [2.24, 2.45) is 5.92 Å². The molecule has 2 saturated carbocycles. The molecule has 0 aromatic heterocycles. The van der Waals surface area contributed by atoms with Gasteiger partial charge in [-0.2, -0.15) is 0 Å². The van der Waals surface area contributed by atoms with E-state index in [1.165, 1.54) is 12.8 Å². The van der Waals surface area contributed by atoms with Gasteiger partial charge < -0.3 is 17.7 Å². The molecule has 0 unspecified atom stereocenters. The highest BCUT2D eigenvalue weighted by Crippen LogP contribution is 2.51. The van der Waals surface area contributed by atoms with Crippen LogP contribution in [0.5, 0.6) is 0 Å². The monoisotopic (exact) mass is 246 g/mol. The lowest BCUT2D eigenvalue weighted by Crippen LogP contribution is -2.53. The van der Waals surface area contributed by atoms with E-state index in [0.29, 0.717) is 6.61 Å². The number of hydrogen-bond acceptors (Lipinski definition) is 4. The van der Waals surface area contributed by atoms with Crippen LogP contribution in [0.3, 0.4) is 0 Å². The van der Waals surface area contributed by atoms with Crippen LogP contribution < -0.4 is 0 Å². The molecule has 0 aromatic rings. The van der Waals surface area contributed by atoms with Crippen molar-refractivity contribution in [1.29, 1.82) is 0 Å². The first-order chi connectivity index (χ1) is 7.67. The minimum atomic E-state index is -2.88. The second kappa shape index (κ2) is 4.74. The predicted molar refractivity (Wildman–Crippen MR) is 61.8 cm³/mol. The van der Waals surface area contributed by atoms with E-state index in [1.54, 1.807) is 14.2 Å². The minimum absolute atomic E-state index is 0.0158. The Morgan fingerprint density at radius 2 is 1.81 bits per heavy atom. The number of rotatable bonds is 6. The summed E-state index contributed by atoms with van der Waals surface area (Å²) < 4.78 is 22.6. The Bertz CT molecular complexity index is 234. The van der Waals surface area contributed by atoms with E-state index in [9.17, 15) is 0 Å². The molecular formula is C11H22O4Si. The first kappa shape index (κ1) is 12.5. The van der Waals surface area contributed by atoms with Crippen LogP contribution in [0, 0.1) is 5.92 Å². The lowest BCUT2D eigenvalue weighted by atomic mass is 9.98. The van der Waals surface area contributed by atoms with Crippen LogP contribution in [0.15, 0.2) is 0 Å². The van der Waals surface area contributed by atoms with E-state index in [-0.39, 0.29) is 5.60 Å². The molecule has 0 spiro atoms. The largest absolute Gasteiger partial charge is 0.679 e. The molecule has 2 rings (SSSR count). The molecule has 2 fully saturated rings. The molecule has 4 nitrogen and oxygen atoms in total. The van der Waals surface area contributed by atoms with Crippen LogP contribution in [0.4, 0.5) is 0 Å². The summed E-state index contributed by atoms with van der Waals surface area (Å²) in [5.41, 5.74) is -0.0158. The summed E-state index contributed by atoms with van der Waals surface area (Å²) in [6.45, 7) is 2.50. The first-order valence-electron chi connectivity index (χ1n) is 6.12. The molecule has 2 aliphatic carbocycles. The summed E-state index contributed by atoms with van der Waals surface area (Å²) in [5, 5.41) is 0. The molecule has 0 radical (unpaired) electrons. The van der Waals surface area contributed by atoms with Gasteiger partial charge in [0.1, 0.15) is 0 Å². The van der Waals surface area contributed by atoms with Gasteiger partial charge in [-0.15, -0.1) is 0 Å². The van der Waals surface area contributed by atoms with Gasteiger partial charge in [0.2, 0.25) is 0 Å². The van der Waals surface area contributed by atoms with Gasteiger partial charge in [0.15, 0.2) is 0 Å². The molecular weight excluding hydrogens is 224 g/mol. The Kier molecular flexibility index (Phi) is 3.71. The second-order valence-electron chi connectivity index (χ2n) is 4.77. The molecule has 0 aliphatic heterocycles. The maximum atomic E-state index is 6.19. The maximum absolute atomic E-state index is 6.19. The average Bonchev–Trinajstić information content (AvgIpc) is 2.88. The summed E-state index contributed by atoms with van der Waals surface area (Å²) in [6, 6.07) is 0. The van der Waals surface area contributed by atoms with Crippen molar-refractivity contribution >= 4 is 9.05 Å². The SMILES string of the molecule is CCO[Si](OC)(OC)OC12CCC(CC1)C2. The number of fused-ring (bicyclic) bond motifs is 2. The lowest BCUT2D eigenvalue weighted by Gasteiger charge is -2.35. The van der Waals surface area contributed by atoms with Gasteiger partial charge in [0.25, 0.3) is 0 Å². The molecule has 0 N–H and O–H groups in total. The Morgan fingerprint density at radius 1 is 1.19 bits per heavy atom. The van der Waals surface area contributed by atoms with Crippen molar-refractivity contribution in [3.05, 3.63) is 0 Å². The van der Waals surface area contributed by atoms with Gasteiger partial charge in [-0.25, -0.2) is 0 Å². The molecule has 0 heterocycles. The van der Waals surface area contributed by atoms with Crippen LogP contribution in [0.25, 0.3) is 0 Å². The molecule has 2 bridgehead atoms. The number of hydrogen-bond donors (Lipinski definition) is 0. The van der Waals surface area contributed by atoms with Gasteiger partial charge >= 0.3 is 9.05 Å². The van der Waals surface area contributed by atoms with Crippen molar-refractivity contribution < 1.29 is 17.7 Å². The maximum Gasteiger partial charge on any atom is 0.679 e. The zero-order valence-electron chi connectivity index (χ0n) is 10.5. The zero-order chi connectivity index (χ0) is 11.6. The van der Waals surface area contributed by atoms with Crippen molar-refractivity contribution in [3.63, 3.8) is 0 Å². The Labute approximate surface area is 98.7 Å². The van der Waals surface area contributed by atoms with Crippen LogP contribution in [0.1, 0.15) is 39.0 Å². The third-order valence-electron chi connectivity index (χ3n) is 3.84. The van der Waals surface area contributed by atoms with Crippen LogP contribution in [-0.2, 0) is 17.7 Å². The normalized spacial score (nSPS) is 33.6. The molecule has 0 atom stereocenters. The Hall–Kier alpha value is 0.0569. The molecule has 0 saturated heterocycles. The molecule has 5 heteroatoms. The molecule has 0 aromatic carbocycles. The fourth-order valence-electron chi connectivity index (χ4n) is 3.04. The summed E-state index contributed by atoms with van der Waals surface area (Å²) in [6.07, 6.45) is 5.98. The second-order valence-corrected chi connectivity index (χ2v) is 7.08. The highest BCUT2D eigenvalue weighted by Gasteiger charge is 2.55. The fraction of sp³-hybridized carbons (Fsp3) is 1.00. The van der Waals surface area contributed by atoms with E-state index >= 15 is 0 Å². The highest BCUT2D eigenvalue weighted by molar-refractivity contribution is 6.53. The van der Waals surface area contributed by atoms with Crippen molar-refractivity contribution in [2.75, 3.05) is 20.8 Å². The smallest absolute Gasteiger partial charge is 0.355 e. The van der Waals surface area contributed by atoms with Crippen LogP contribution >= 0.6 is 0 Å². The zero-order valence-corrected chi connectivity index (χ0v) is 11.5. The summed E-state index contributed by atoms with van der Waals surface area (Å²) >= 11 is 0. The minimum Gasteiger partial charge on any atom is -0.355 e. The molecule has 16 heavy (non-hydrogen) atoms. The third kappa shape index (κ3) is 2.19. The van der Waals surface area contributed by atoms with Gasteiger partial charge in [-0.3, -0.25) is 0 Å². The van der Waals surface area contributed by atoms with Gasteiger partial charge in [0.05, 0.1) is 5.60 Å². The summed E-state index contributed by atoms with van der Waals surface area (Å²) in [5.74, 6) is 0.849. The molecule has 0 amide bonds.